The van der Waals surface area contributed by atoms with Gasteiger partial charge in [-0.05, 0) is 37.4 Å². The first-order valence-electron chi connectivity index (χ1n) is 5.24. The van der Waals surface area contributed by atoms with Crippen LogP contribution in [0.2, 0.25) is 19.6 Å². The molecule has 0 aromatic rings. The lowest BCUT2D eigenvalue weighted by Crippen LogP contribution is -2.28. The summed E-state index contributed by atoms with van der Waals surface area (Å²) in [4.78, 5) is 0. The average Bonchev–Trinajstić information content (AvgIpc) is 1.78. The monoisotopic (exact) mass is 202 g/mol. The molecule has 2 heteroatoms. The van der Waals surface area contributed by atoms with Crippen LogP contribution >= 0.6 is 0 Å². The van der Waals surface area contributed by atoms with E-state index in [1.807, 2.05) is 0 Å². The van der Waals surface area contributed by atoms with Gasteiger partial charge in [-0.1, -0.05) is 27.7 Å². The van der Waals surface area contributed by atoms with Crippen LogP contribution in [0.4, 0.5) is 0 Å². The van der Waals surface area contributed by atoms with Gasteiger partial charge < -0.3 is 4.43 Å². The van der Waals surface area contributed by atoms with E-state index in [-0.39, 0.29) is 0 Å². The Morgan fingerprint density at radius 3 is 1.92 bits per heavy atom. The van der Waals surface area contributed by atoms with Crippen LogP contribution in [-0.4, -0.2) is 14.9 Å². The van der Waals surface area contributed by atoms with E-state index < -0.39 is 8.32 Å². The van der Waals surface area contributed by atoms with Crippen molar-refractivity contribution in [1.29, 1.82) is 0 Å². The minimum atomic E-state index is -1.30. The largest absolute Gasteiger partial charge is 0.417 e. The van der Waals surface area contributed by atoms with Gasteiger partial charge in [0.25, 0.3) is 0 Å². The molecular formula is C11H26OSi. The van der Waals surface area contributed by atoms with Gasteiger partial charge in [0.1, 0.15) is 0 Å². The molecule has 0 heterocycles. The zero-order valence-corrected chi connectivity index (χ0v) is 11.4. The number of hydrogen-bond donors (Lipinski definition) is 0. The topological polar surface area (TPSA) is 9.23 Å². The molecule has 0 amide bonds. The summed E-state index contributed by atoms with van der Waals surface area (Å²) in [6, 6.07) is 0. The van der Waals surface area contributed by atoms with Gasteiger partial charge in [-0.2, -0.15) is 0 Å². The molecule has 0 saturated carbocycles. The van der Waals surface area contributed by atoms with E-state index in [1.54, 1.807) is 0 Å². The first-order chi connectivity index (χ1) is 5.60. The van der Waals surface area contributed by atoms with Crippen molar-refractivity contribution >= 4 is 8.32 Å². The predicted octanol–water partition coefficient (Wildman–Crippen LogP) is 3.91. The Balaban J connectivity index is 3.70. The molecule has 0 aliphatic carbocycles. The highest BCUT2D eigenvalue weighted by molar-refractivity contribution is 6.69. The minimum Gasteiger partial charge on any atom is -0.417 e. The van der Waals surface area contributed by atoms with Crippen molar-refractivity contribution in [2.24, 2.45) is 11.3 Å². The molecular weight excluding hydrogens is 176 g/mol. The summed E-state index contributed by atoms with van der Waals surface area (Å²) in [6.45, 7) is 16.8. The van der Waals surface area contributed by atoms with Crippen LogP contribution in [0, 0.1) is 11.3 Å². The SMILES string of the molecule is CC(CO[Si](C)(C)C)CC(C)(C)C. The van der Waals surface area contributed by atoms with Crippen LogP contribution < -0.4 is 0 Å². The van der Waals surface area contributed by atoms with Crippen LogP contribution in [0.25, 0.3) is 0 Å². The van der Waals surface area contributed by atoms with Crippen LogP contribution in [0.15, 0.2) is 0 Å². The van der Waals surface area contributed by atoms with E-state index in [2.05, 4.69) is 47.3 Å². The third kappa shape index (κ3) is 10.1. The molecule has 1 unspecified atom stereocenters. The quantitative estimate of drug-likeness (QED) is 0.628. The molecule has 0 spiro atoms. The van der Waals surface area contributed by atoms with Crippen molar-refractivity contribution in [2.75, 3.05) is 6.61 Å². The number of rotatable bonds is 4. The molecule has 0 N–H and O–H groups in total. The first kappa shape index (κ1) is 13.2. The molecule has 0 rings (SSSR count). The van der Waals surface area contributed by atoms with Crippen molar-refractivity contribution < 1.29 is 4.43 Å². The molecule has 0 radical (unpaired) electrons. The molecule has 0 aliphatic rings. The Morgan fingerprint density at radius 1 is 1.15 bits per heavy atom. The van der Waals surface area contributed by atoms with E-state index in [4.69, 9.17) is 4.43 Å². The zero-order chi connectivity index (χ0) is 10.7. The summed E-state index contributed by atoms with van der Waals surface area (Å²) >= 11 is 0. The second kappa shape index (κ2) is 4.60. The summed E-state index contributed by atoms with van der Waals surface area (Å²) in [5.74, 6) is 0.687. The maximum atomic E-state index is 5.88. The van der Waals surface area contributed by atoms with Crippen LogP contribution in [0.5, 0.6) is 0 Å². The second-order valence-corrected chi connectivity index (χ2v) is 10.8. The van der Waals surface area contributed by atoms with Gasteiger partial charge in [0.05, 0.1) is 0 Å². The highest BCUT2D eigenvalue weighted by Gasteiger charge is 2.19. The molecule has 0 aromatic heterocycles. The molecule has 1 atom stereocenters. The lowest BCUT2D eigenvalue weighted by molar-refractivity contribution is 0.203. The predicted molar refractivity (Wildman–Crippen MR) is 62.5 cm³/mol. The Kier molecular flexibility index (Phi) is 4.67. The van der Waals surface area contributed by atoms with Crippen molar-refractivity contribution in [3.05, 3.63) is 0 Å². The first-order valence-corrected chi connectivity index (χ1v) is 8.65. The summed E-state index contributed by atoms with van der Waals surface area (Å²) in [5, 5.41) is 0. The van der Waals surface area contributed by atoms with Gasteiger partial charge >= 0.3 is 0 Å². The minimum absolute atomic E-state index is 0.433. The van der Waals surface area contributed by atoms with Crippen molar-refractivity contribution in [3.8, 4) is 0 Å². The third-order valence-corrected chi connectivity index (χ3v) is 2.79. The standard InChI is InChI=1S/C11H26OSi/c1-10(8-11(2,3)4)9-12-13(5,6)7/h10H,8-9H2,1-7H3. The molecule has 1 nitrogen and oxygen atoms in total. The van der Waals surface area contributed by atoms with Crippen molar-refractivity contribution in [3.63, 3.8) is 0 Å². The molecule has 13 heavy (non-hydrogen) atoms. The van der Waals surface area contributed by atoms with Crippen LogP contribution in [-0.2, 0) is 4.43 Å². The third-order valence-electron chi connectivity index (χ3n) is 1.76. The normalized spacial score (nSPS) is 15.9. The molecule has 0 fully saturated rings. The highest BCUT2D eigenvalue weighted by atomic mass is 28.4. The number of hydrogen-bond acceptors (Lipinski definition) is 1. The Labute approximate surface area is 85.0 Å². The van der Waals surface area contributed by atoms with E-state index in [9.17, 15) is 0 Å². The molecule has 0 aromatic carbocycles. The maximum absolute atomic E-state index is 5.88. The van der Waals surface area contributed by atoms with E-state index in [0.29, 0.717) is 11.3 Å². The lowest BCUT2D eigenvalue weighted by Gasteiger charge is -2.26. The molecule has 80 valence electrons. The van der Waals surface area contributed by atoms with Crippen LogP contribution in [0.3, 0.4) is 0 Å². The summed E-state index contributed by atoms with van der Waals surface area (Å²) in [5.41, 5.74) is 0.433. The maximum Gasteiger partial charge on any atom is 0.183 e. The summed E-state index contributed by atoms with van der Waals surface area (Å²) in [7, 11) is -1.30. The van der Waals surface area contributed by atoms with Crippen molar-refractivity contribution in [1.82, 2.24) is 0 Å². The van der Waals surface area contributed by atoms with E-state index in [0.717, 1.165) is 6.61 Å². The summed E-state index contributed by atoms with van der Waals surface area (Å²) < 4.78 is 5.88. The van der Waals surface area contributed by atoms with Gasteiger partial charge in [-0.25, -0.2) is 0 Å². The summed E-state index contributed by atoms with van der Waals surface area (Å²) in [6.07, 6.45) is 1.25. The average molecular weight is 202 g/mol. The van der Waals surface area contributed by atoms with E-state index in [1.165, 1.54) is 6.42 Å². The van der Waals surface area contributed by atoms with Gasteiger partial charge in [0.2, 0.25) is 0 Å². The van der Waals surface area contributed by atoms with Gasteiger partial charge in [0.15, 0.2) is 8.32 Å². The van der Waals surface area contributed by atoms with Crippen LogP contribution in [0.1, 0.15) is 34.1 Å². The van der Waals surface area contributed by atoms with Gasteiger partial charge in [0, 0.05) is 6.61 Å². The fraction of sp³-hybridized carbons (Fsp3) is 1.00. The lowest BCUT2D eigenvalue weighted by atomic mass is 9.86. The molecule has 0 saturated heterocycles. The second-order valence-electron chi connectivity index (χ2n) is 6.29. The Bertz CT molecular complexity index is 141. The molecule has 0 aliphatic heterocycles. The zero-order valence-electron chi connectivity index (χ0n) is 10.4. The molecule has 0 bridgehead atoms. The Hall–Kier alpha value is 0.177. The van der Waals surface area contributed by atoms with Gasteiger partial charge in [-0.3, -0.25) is 0 Å². The fourth-order valence-electron chi connectivity index (χ4n) is 1.50. The smallest absolute Gasteiger partial charge is 0.183 e. The van der Waals surface area contributed by atoms with Gasteiger partial charge in [-0.15, -0.1) is 0 Å². The van der Waals surface area contributed by atoms with Crippen molar-refractivity contribution in [2.45, 2.75) is 53.8 Å². The fourth-order valence-corrected chi connectivity index (χ4v) is 2.28. The highest BCUT2D eigenvalue weighted by Crippen LogP contribution is 2.24. The Morgan fingerprint density at radius 2 is 1.62 bits per heavy atom. The van der Waals surface area contributed by atoms with E-state index >= 15 is 0 Å².